The SMILES string of the molecule is Cc1ccnc(-n2c(SCC(=O)Nc3c(C)cc(C)cc3C)nc3ccccc3c2=O)c1. The Bertz CT molecular complexity index is 1370. The zero-order chi connectivity index (χ0) is 22.8. The molecule has 0 atom stereocenters. The number of pyridine rings is 1. The normalized spacial score (nSPS) is 11.0. The summed E-state index contributed by atoms with van der Waals surface area (Å²) in [6, 6.07) is 15.0. The quantitative estimate of drug-likeness (QED) is 0.355. The smallest absolute Gasteiger partial charge is 0.267 e. The minimum Gasteiger partial charge on any atom is -0.325 e. The summed E-state index contributed by atoms with van der Waals surface area (Å²) in [6.45, 7) is 7.94. The van der Waals surface area contributed by atoms with Gasteiger partial charge in [-0.15, -0.1) is 0 Å². The Balaban J connectivity index is 1.68. The number of benzene rings is 2. The number of amides is 1. The molecule has 0 saturated heterocycles. The van der Waals surface area contributed by atoms with Gasteiger partial charge < -0.3 is 5.32 Å². The topological polar surface area (TPSA) is 76.9 Å². The van der Waals surface area contributed by atoms with Crippen LogP contribution >= 0.6 is 11.8 Å². The van der Waals surface area contributed by atoms with Crippen molar-refractivity contribution < 1.29 is 4.79 Å². The number of hydrogen-bond donors (Lipinski definition) is 1. The first kappa shape index (κ1) is 21.8. The lowest BCUT2D eigenvalue weighted by Gasteiger charge is -2.14. The van der Waals surface area contributed by atoms with Gasteiger partial charge in [0.1, 0.15) is 5.82 Å². The standard InChI is InChI=1S/C25H24N4O2S/c1-15-9-10-26-21(13-15)29-24(31)19-7-5-6-8-20(19)27-25(29)32-14-22(30)28-23-17(3)11-16(2)12-18(23)4/h5-13H,14H2,1-4H3,(H,28,30). The minimum atomic E-state index is -0.207. The number of aromatic nitrogens is 3. The van der Waals surface area contributed by atoms with E-state index in [1.807, 2.05) is 64.1 Å². The summed E-state index contributed by atoms with van der Waals surface area (Å²) in [5, 5.41) is 3.95. The third-order valence-corrected chi connectivity index (χ3v) is 6.09. The van der Waals surface area contributed by atoms with E-state index >= 15 is 0 Å². The molecule has 32 heavy (non-hydrogen) atoms. The van der Waals surface area contributed by atoms with Gasteiger partial charge in [0.15, 0.2) is 5.16 Å². The number of fused-ring (bicyclic) bond motifs is 1. The summed E-state index contributed by atoms with van der Waals surface area (Å²) in [5.74, 6) is 0.446. The Morgan fingerprint density at radius 1 is 1.00 bits per heavy atom. The molecule has 162 valence electrons. The number of nitrogens with zero attached hydrogens (tertiary/aromatic N) is 3. The highest BCUT2D eigenvalue weighted by molar-refractivity contribution is 7.99. The van der Waals surface area contributed by atoms with E-state index in [-0.39, 0.29) is 17.2 Å². The van der Waals surface area contributed by atoms with Gasteiger partial charge in [-0.1, -0.05) is 41.6 Å². The Morgan fingerprint density at radius 2 is 1.72 bits per heavy atom. The maximum Gasteiger partial charge on any atom is 0.267 e. The molecule has 2 aromatic carbocycles. The maximum absolute atomic E-state index is 13.3. The van der Waals surface area contributed by atoms with Crippen LogP contribution < -0.4 is 10.9 Å². The van der Waals surface area contributed by atoms with Gasteiger partial charge in [0, 0.05) is 11.9 Å². The van der Waals surface area contributed by atoms with Crippen molar-refractivity contribution in [2.75, 3.05) is 11.1 Å². The fourth-order valence-electron chi connectivity index (χ4n) is 3.74. The summed E-state index contributed by atoms with van der Waals surface area (Å²) >= 11 is 1.22. The summed E-state index contributed by atoms with van der Waals surface area (Å²) in [7, 11) is 0. The monoisotopic (exact) mass is 444 g/mol. The number of nitrogens with one attached hydrogen (secondary N) is 1. The molecular weight excluding hydrogens is 420 g/mol. The van der Waals surface area contributed by atoms with E-state index in [9.17, 15) is 9.59 Å². The molecule has 0 unspecified atom stereocenters. The molecule has 0 fully saturated rings. The number of anilines is 1. The van der Waals surface area contributed by atoms with Crippen molar-refractivity contribution in [3.05, 3.63) is 87.3 Å². The predicted molar refractivity (Wildman–Crippen MR) is 130 cm³/mol. The van der Waals surface area contributed by atoms with E-state index in [2.05, 4.69) is 15.3 Å². The molecule has 0 aliphatic heterocycles. The number of thioether (sulfide) groups is 1. The molecule has 2 heterocycles. The molecule has 0 spiro atoms. The van der Waals surface area contributed by atoms with Gasteiger partial charge in [-0.3, -0.25) is 9.59 Å². The first-order valence-electron chi connectivity index (χ1n) is 10.3. The van der Waals surface area contributed by atoms with Gasteiger partial charge >= 0.3 is 0 Å². The number of carbonyl (C=O) groups is 1. The lowest BCUT2D eigenvalue weighted by molar-refractivity contribution is -0.113. The van der Waals surface area contributed by atoms with Crippen LogP contribution in [0, 0.1) is 27.7 Å². The average molecular weight is 445 g/mol. The third-order valence-electron chi connectivity index (χ3n) is 5.15. The zero-order valence-electron chi connectivity index (χ0n) is 18.5. The summed E-state index contributed by atoms with van der Waals surface area (Å²) in [4.78, 5) is 35.1. The largest absolute Gasteiger partial charge is 0.325 e. The molecule has 1 amide bonds. The van der Waals surface area contributed by atoms with Crippen LogP contribution in [0.15, 0.2) is 64.7 Å². The van der Waals surface area contributed by atoms with E-state index in [0.29, 0.717) is 21.9 Å². The van der Waals surface area contributed by atoms with Gasteiger partial charge in [-0.05, 0) is 68.7 Å². The van der Waals surface area contributed by atoms with E-state index in [1.165, 1.54) is 16.3 Å². The number of rotatable bonds is 5. The summed E-state index contributed by atoms with van der Waals surface area (Å²) in [5.41, 5.74) is 5.38. The Kier molecular flexibility index (Phi) is 6.10. The molecule has 0 saturated carbocycles. The second kappa shape index (κ2) is 8.96. The van der Waals surface area contributed by atoms with Crippen LogP contribution in [0.4, 0.5) is 5.69 Å². The van der Waals surface area contributed by atoms with Crippen molar-refractivity contribution in [2.45, 2.75) is 32.9 Å². The number of hydrogen-bond acceptors (Lipinski definition) is 5. The van der Waals surface area contributed by atoms with Crippen LogP contribution in [0.1, 0.15) is 22.3 Å². The molecule has 4 aromatic rings. The highest BCUT2D eigenvalue weighted by Crippen LogP contribution is 2.24. The van der Waals surface area contributed by atoms with Gasteiger partial charge in [-0.2, -0.15) is 0 Å². The molecule has 7 heteroatoms. The van der Waals surface area contributed by atoms with Gasteiger partial charge in [0.25, 0.3) is 5.56 Å². The van der Waals surface area contributed by atoms with Crippen LogP contribution in [0.5, 0.6) is 0 Å². The average Bonchev–Trinajstić information content (AvgIpc) is 2.75. The van der Waals surface area contributed by atoms with E-state index in [4.69, 9.17) is 0 Å². The molecule has 4 rings (SSSR count). The number of carbonyl (C=O) groups excluding carboxylic acids is 1. The number of para-hydroxylation sites is 1. The van der Waals surface area contributed by atoms with Crippen LogP contribution in [0.25, 0.3) is 16.7 Å². The van der Waals surface area contributed by atoms with Crippen LogP contribution in [-0.2, 0) is 4.79 Å². The van der Waals surface area contributed by atoms with Crippen LogP contribution in [0.2, 0.25) is 0 Å². The number of aryl methyl sites for hydroxylation is 4. The van der Waals surface area contributed by atoms with Gasteiger partial charge in [0.05, 0.1) is 16.7 Å². The third kappa shape index (κ3) is 4.43. The fourth-order valence-corrected chi connectivity index (χ4v) is 4.54. The Labute approximate surface area is 190 Å². The highest BCUT2D eigenvalue weighted by atomic mass is 32.2. The summed E-state index contributed by atoms with van der Waals surface area (Å²) in [6.07, 6.45) is 1.66. The molecular formula is C25H24N4O2S. The van der Waals surface area contributed by atoms with E-state index in [1.54, 1.807) is 18.3 Å². The van der Waals surface area contributed by atoms with Gasteiger partial charge in [0.2, 0.25) is 5.91 Å². The molecule has 2 aromatic heterocycles. The Morgan fingerprint density at radius 3 is 2.44 bits per heavy atom. The lowest BCUT2D eigenvalue weighted by Crippen LogP contribution is -2.24. The van der Waals surface area contributed by atoms with Gasteiger partial charge in [-0.25, -0.2) is 14.5 Å². The van der Waals surface area contributed by atoms with Crippen molar-refractivity contribution in [3.63, 3.8) is 0 Å². The molecule has 6 nitrogen and oxygen atoms in total. The van der Waals surface area contributed by atoms with E-state index < -0.39 is 0 Å². The second-order valence-corrected chi connectivity index (χ2v) is 8.80. The van der Waals surface area contributed by atoms with E-state index in [0.717, 1.165) is 27.9 Å². The molecule has 1 N–H and O–H groups in total. The summed E-state index contributed by atoms with van der Waals surface area (Å²) < 4.78 is 1.48. The van der Waals surface area contributed by atoms with Crippen molar-refractivity contribution in [3.8, 4) is 5.82 Å². The second-order valence-electron chi connectivity index (χ2n) is 7.85. The van der Waals surface area contributed by atoms with Crippen molar-refractivity contribution >= 4 is 34.3 Å². The Hall–Kier alpha value is -3.45. The lowest BCUT2D eigenvalue weighted by atomic mass is 10.1. The van der Waals surface area contributed by atoms with Crippen molar-refractivity contribution in [1.29, 1.82) is 0 Å². The first-order chi connectivity index (χ1) is 15.3. The van der Waals surface area contributed by atoms with Crippen LogP contribution in [0.3, 0.4) is 0 Å². The highest BCUT2D eigenvalue weighted by Gasteiger charge is 2.16. The molecule has 0 bridgehead atoms. The van der Waals surface area contributed by atoms with Crippen LogP contribution in [-0.4, -0.2) is 26.2 Å². The van der Waals surface area contributed by atoms with Crippen molar-refractivity contribution in [1.82, 2.24) is 14.5 Å². The molecule has 0 radical (unpaired) electrons. The zero-order valence-corrected chi connectivity index (χ0v) is 19.3. The maximum atomic E-state index is 13.3. The minimum absolute atomic E-state index is 0.114. The molecule has 0 aliphatic carbocycles. The first-order valence-corrected chi connectivity index (χ1v) is 11.3. The molecule has 0 aliphatic rings. The van der Waals surface area contributed by atoms with Crippen molar-refractivity contribution in [2.24, 2.45) is 0 Å². The predicted octanol–water partition coefficient (Wildman–Crippen LogP) is 4.75. The fraction of sp³-hybridized carbons (Fsp3) is 0.200.